The monoisotopic (exact) mass is 245 g/mol. The molecule has 0 spiro atoms. The molecule has 1 N–H and O–H groups in total. The summed E-state index contributed by atoms with van der Waals surface area (Å²) in [7, 11) is 0. The summed E-state index contributed by atoms with van der Waals surface area (Å²) in [5.74, 6) is 0.259. The Balaban J connectivity index is 2.46. The second-order valence-electron chi connectivity index (χ2n) is 4.44. The highest BCUT2D eigenvalue weighted by molar-refractivity contribution is 5.98. The van der Waals surface area contributed by atoms with Crippen molar-refractivity contribution in [2.45, 2.75) is 19.4 Å². The van der Waals surface area contributed by atoms with Crippen LogP contribution in [-0.2, 0) is 6.42 Å². The smallest absolute Gasteiger partial charge is 0.318 e. The van der Waals surface area contributed by atoms with Crippen LogP contribution in [0.4, 0.5) is 5.69 Å². The molecule has 1 atom stereocenters. The minimum atomic E-state index is -0.540. The Kier molecular flexibility index (Phi) is 2.16. The number of rotatable bonds is 1. The van der Waals surface area contributed by atoms with Gasteiger partial charge in [0.15, 0.2) is 0 Å². The molecule has 0 aliphatic carbocycles. The van der Waals surface area contributed by atoms with Gasteiger partial charge >= 0.3 is 5.69 Å². The van der Waals surface area contributed by atoms with Crippen LogP contribution < -0.4 is 4.74 Å². The van der Waals surface area contributed by atoms with Gasteiger partial charge < -0.3 is 9.84 Å². The average Bonchev–Trinajstić information content (AvgIpc) is 2.70. The predicted molar refractivity (Wildman–Crippen MR) is 66.1 cm³/mol. The molecule has 3 rings (SSSR count). The third kappa shape index (κ3) is 1.33. The molecule has 0 aromatic heterocycles. The molecular weight excluding hydrogens is 234 g/mol. The molecule has 2 aromatic carbocycles. The van der Waals surface area contributed by atoms with Crippen molar-refractivity contribution in [1.82, 2.24) is 0 Å². The Morgan fingerprint density at radius 3 is 2.72 bits per heavy atom. The number of hydrogen-bond donors (Lipinski definition) is 1. The maximum atomic E-state index is 11.1. The van der Waals surface area contributed by atoms with Gasteiger partial charge in [-0.25, -0.2) is 0 Å². The largest absolute Gasteiger partial charge is 0.502 e. The summed E-state index contributed by atoms with van der Waals surface area (Å²) in [6.45, 7) is 1.86. The number of nitro groups is 1. The Labute approximate surface area is 103 Å². The molecule has 2 aromatic rings. The molecule has 1 aliphatic rings. The number of hydrogen-bond acceptors (Lipinski definition) is 4. The fourth-order valence-corrected chi connectivity index (χ4v) is 2.48. The van der Waals surface area contributed by atoms with Crippen molar-refractivity contribution in [3.8, 4) is 11.5 Å². The number of nitro benzene ring substituents is 1. The van der Waals surface area contributed by atoms with E-state index in [1.807, 2.05) is 13.0 Å². The lowest BCUT2D eigenvalue weighted by atomic mass is 10.0. The van der Waals surface area contributed by atoms with Crippen LogP contribution >= 0.6 is 0 Å². The number of phenolic OH excluding ortho intramolecular Hbond substituents is 1. The molecule has 0 fully saturated rings. The normalized spacial score (nSPS) is 17.5. The quantitative estimate of drug-likeness (QED) is 0.619. The third-order valence-corrected chi connectivity index (χ3v) is 3.20. The Hall–Kier alpha value is -2.30. The summed E-state index contributed by atoms with van der Waals surface area (Å²) in [5.41, 5.74) is 0.261. The van der Waals surface area contributed by atoms with Crippen LogP contribution in [0.5, 0.6) is 11.5 Å². The number of benzene rings is 2. The van der Waals surface area contributed by atoms with Gasteiger partial charge in [-0.1, -0.05) is 24.3 Å². The highest BCUT2D eigenvalue weighted by Gasteiger charge is 2.33. The van der Waals surface area contributed by atoms with E-state index in [0.717, 1.165) is 5.39 Å². The van der Waals surface area contributed by atoms with Gasteiger partial charge in [-0.2, -0.15) is 0 Å². The van der Waals surface area contributed by atoms with Crippen molar-refractivity contribution >= 4 is 16.5 Å². The molecule has 0 unspecified atom stereocenters. The third-order valence-electron chi connectivity index (χ3n) is 3.20. The number of fused-ring (bicyclic) bond motifs is 3. The summed E-state index contributed by atoms with van der Waals surface area (Å²) in [6.07, 6.45) is 0.341. The molecule has 5 nitrogen and oxygen atoms in total. The van der Waals surface area contributed by atoms with E-state index in [1.165, 1.54) is 0 Å². The number of ether oxygens (including phenoxy) is 1. The molecule has 0 saturated carbocycles. The fraction of sp³-hybridized carbons (Fsp3) is 0.231. The lowest BCUT2D eigenvalue weighted by Crippen LogP contribution is -2.05. The highest BCUT2D eigenvalue weighted by Crippen LogP contribution is 2.48. The predicted octanol–water partition coefficient (Wildman–Crippen LogP) is 2.78. The number of nitrogens with zero attached hydrogens (tertiary/aromatic N) is 1. The van der Waals surface area contributed by atoms with Crippen molar-refractivity contribution in [2.75, 3.05) is 0 Å². The SMILES string of the molecule is C[C@@H]1Cc2c([N+](=O)[O-])c(O)c3ccccc3c2O1. The maximum Gasteiger partial charge on any atom is 0.318 e. The van der Waals surface area contributed by atoms with E-state index in [2.05, 4.69) is 0 Å². The minimum Gasteiger partial charge on any atom is -0.502 e. The maximum absolute atomic E-state index is 11.1. The van der Waals surface area contributed by atoms with E-state index < -0.39 is 4.92 Å². The van der Waals surface area contributed by atoms with E-state index in [1.54, 1.807) is 18.2 Å². The van der Waals surface area contributed by atoms with Gasteiger partial charge in [0.25, 0.3) is 0 Å². The van der Waals surface area contributed by atoms with Gasteiger partial charge in [0, 0.05) is 17.2 Å². The molecule has 18 heavy (non-hydrogen) atoms. The topological polar surface area (TPSA) is 72.6 Å². The van der Waals surface area contributed by atoms with E-state index in [-0.39, 0.29) is 17.5 Å². The first-order valence-electron chi connectivity index (χ1n) is 5.67. The molecule has 0 bridgehead atoms. The van der Waals surface area contributed by atoms with Crippen molar-refractivity contribution in [1.29, 1.82) is 0 Å². The molecule has 0 amide bonds. The molecule has 1 heterocycles. The van der Waals surface area contributed by atoms with Gasteiger partial charge in [-0.05, 0) is 6.92 Å². The number of aromatic hydroxyl groups is 1. The molecular formula is C13H11NO4. The van der Waals surface area contributed by atoms with Crippen molar-refractivity contribution in [2.24, 2.45) is 0 Å². The van der Waals surface area contributed by atoms with Crippen LogP contribution in [0.3, 0.4) is 0 Å². The van der Waals surface area contributed by atoms with Gasteiger partial charge in [0.1, 0.15) is 11.9 Å². The van der Waals surface area contributed by atoms with Gasteiger partial charge in [0.2, 0.25) is 5.75 Å². The first kappa shape index (κ1) is 10.8. The first-order chi connectivity index (χ1) is 8.59. The van der Waals surface area contributed by atoms with Crippen LogP contribution in [0.15, 0.2) is 24.3 Å². The van der Waals surface area contributed by atoms with Crippen molar-refractivity contribution in [3.05, 3.63) is 39.9 Å². The van der Waals surface area contributed by atoms with E-state index in [9.17, 15) is 15.2 Å². The molecule has 0 saturated heterocycles. The second kappa shape index (κ2) is 3.60. The molecule has 0 radical (unpaired) electrons. The van der Waals surface area contributed by atoms with E-state index >= 15 is 0 Å². The van der Waals surface area contributed by atoms with Crippen LogP contribution in [-0.4, -0.2) is 16.1 Å². The first-order valence-corrected chi connectivity index (χ1v) is 5.67. The van der Waals surface area contributed by atoms with Crippen LogP contribution in [0, 0.1) is 10.1 Å². The standard InChI is InChI=1S/C13H11NO4/c1-7-6-10-11(14(16)17)12(15)8-4-2-3-5-9(8)13(10)18-7/h2-5,7,15H,6H2,1H3/t7-/m1/s1. The summed E-state index contributed by atoms with van der Waals surface area (Å²) in [4.78, 5) is 10.6. The second-order valence-corrected chi connectivity index (χ2v) is 4.44. The van der Waals surface area contributed by atoms with E-state index in [0.29, 0.717) is 23.1 Å². The van der Waals surface area contributed by atoms with Crippen LogP contribution in [0.25, 0.3) is 10.8 Å². The van der Waals surface area contributed by atoms with Gasteiger partial charge in [0.05, 0.1) is 10.5 Å². The summed E-state index contributed by atoms with van der Waals surface area (Å²) < 4.78 is 5.65. The highest BCUT2D eigenvalue weighted by atomic mass is 16.6. The zero-order valence-corrected chi connectivity index (χ0v) is 9.71. The zero-order valence-electron chi connectivity index (χ0n) is 9.71. The van der Waals surface area contributed by atoms with Gasteiger partial charge in [-0.3, -0.25) is 10.1 Å². The van der Waals surface area contributed by atoms with Crippen LogP contribution in [0.1, 0.15) is 12.5 Å². The zero-order chi connectivity index (χ0) is 12.9. The molecule has 92 valence electrons. The Morgan fingerprint density at radius 1 is 1.39 bits per heavy atom. The fourth-order valence-electron chi connectivity index (χ4n) is 2.48. The molecule has 5 heteroatoms. The molecule has 1 aliphatic heterocycles. The summed E-state index contributed by atoms with van der Waals surface area (Å²) in [5, 5.41) is 22.4. The van der Waals surface area contributed by atoms with Crippen LogP contribution in [0.2, 0.25) is 0 Å². The average molecular weight is 245 g/mol. The Bertz CT molecular complexity index is 666. The van der Waals surface area contributed by atoms with Crippen molar-refractivity contribution in [3.63, 3.8) is 0 Å². The van der Waals surface area contributed by atoms with Gasteiger partial charge in [-0.15, -0.1) is 0 Å². The number of phenols is 1. The summed E-state index contributed by atoms with van der Waals surface area (Å²) in [6, 6.07) is 7.01. The van der Waals surface area contributed by atoms with Crippen molar-refractivity contribution < 1.29 is 14.8 Å². The van der Waals surface area contributed by atoms with E-state index in [4.69, 9.17) is 4.74 Å². The summed E-state index contributed by atoms with van der Waals surface area (Å²) >= 11 is 0. The Morgan fingerprint density at radius 2 is 2.06 bits per heavy atom. The lowest BCUT2D eigenvalue weighted by Gasteiger charge is -2.08. The lowest BCUT2D eigenvalue weighted by molar-refractivity contribution is -0.386. The minimum absolute atomic E-state index is 0.107.